The minimum atomic E-state index is -0.0616. The van der Waals surface area contributed by atoms with E-state index in [1.165, 1.54) is 6.39 Å². The van der Waals surface area contributed by atoms with Gasteiger partial charge >= 0.3 is 0 Å². The Morgan fingerprint density at radius 1 is 1.25 bits per heavy atom. The van der Waals surface area contributed by atoms with Crippen LogP contribution in [0.1, 0.15) is 24.2 Å². The van der Waals surface area contributed by atoms with Crippen LogP contribution in [0.2, 0.25) is 0 Å². The van der Waals surface area contributed by atoms with Gasteiger partial charge in [-0.15, -0.1) is 0 Å². The molecular weight excluding hydrogens is 306 g/mol. The number of ether oxygens (including phenoxy) is 1. The van der Waals surface area contributed by atoms with E-state index >= 15 is 0 Å². The summed E-state index contributed by atoms with van der Waals surface area (Å²) in [6.07, 6.45) is 3.53. The number of hydrogen-bond acceptors (Lipinski definition) is 5. The molecule has 1 amide bonds. The molecule has 0 bridgehead atoms. The maximum atomic E-state index is 12.2. The van der Waals surface area contributed by atoms with Crippen LogP contribution in [0.5, 0.6) is 0 Å². The molecule has 0 spiro atoms. The molecule has 128 valence electrons. The Balaban J connectivity index is 1.48. The molecule has 1 saturated heterocycles. The van der Waals surface area contributed by atoms with Crippen LogP contribution >= 0.6 is 0 Å². The van der Waals surface area contributed by atoms with E-state index in [1.807, 2.05) is 12.1 Å². The number of amides is 1. The maximum Gasteiger partial charge on any atom is 0.251 e. The third-order valence-corrected chi connectivity index (χ3v) is 4.07. The summed E-state index contributed by atoms with van der Waals surface area (Å²) in [7, 11) is 0. The lowest BCUT2D eigenvalue weighted by Gasteiger charge is -2.35. The molecule has 1 fully saturated rings. The molecule has 2 atom stereocenters. The number of nitrogens with zero attached hydrogens (tertiary/aromatic N) is 2. The molecule has 0 radical (unpaired) electrons. The van der Waals surface area contributed by atoms with E-state index in [-0.39, 0.29) is 18.1 Å². The fourth-order valence-electron chi connectivity index (χ4n) is 3.04. The smallest absolute Gasteiger partial charge is 0.251 e. The highest BCUT2D eigenvalue weighted by Gasteiger charge is 2.21. The van der Waals surface area contributed by atoms with Gasteiger partial charge < -0.3 is 14.5 Å². The number of nitrogens with one attached hydrogen (secondary N) is 1. The van der Waals surface area contributed by atoms with Gasteiger partial charge in [0.1, 0.15) is 0 Å². The predicted molar refractivity (Wildman–Crippen MR) is 90.7 cm³/mol. The van der Waals surface area contributed by atoms with E-state index in [0.29, 0.717) is 17.9 Å². The van der Waals surface area contributed by atoms with Crippen molar-refractivity contribution in [2.45, 2.75) is 26.1 Å². The van der Waals surface area contributed by atoms with Crippen molar-refractivity contribution in [3.8, 4) is 11.3 Å². The fraction of sp³-hybridized carbons (Fsp3) is 0.444. The van der Waals surface area contributed by atoms with E-state index in [4.69, 9.17) is 9.15 Å². The molecule has 1 aromatic heterocycles. The Kier molecular flexibility index (Phi) is 5.27. The largest absolute Gasteiger partial charge is 0.444 e. The minimum Gasteiger partial charge on any atom is -0.444 e. The number of oxazole rings is 1. The topological polar surface area (TPSA) is 67.6 Å². The second-order valence-corrected chi connectivity index (χ2v) is 6.22. The summed E-state index contributed by atoms with van der Waals surface area (Å²) in [5, 5.41) is 2.97. The van der Waals surface area contributed by atoms with Gasteiger partial charge in [0.05, 0.1) is 18.4 Å². The third-order valence-electron chi connectivity index (χ3n) is 4.07. The van der Waals surface area contributed by atoms with E-state index in [0.717, 1.165) is 25.2 Å². The molecule has 2 unspecified atom stereocenters. The summed E-state index contributed by atoms with van der Waals surface area (Å²) in [6, 6.07) is 7.32. The van der Waals surface area contributed by atoms with Gasteiger partial charge in [-0.3, -0.25) is 9.69 Å². The van der Waals surface area contributed by atoms with Gasteiger partial charge in [-0.1, -0.05) is 12.1 Å². The van der Waals surface area contributed by atoms with Crippen LogP contribution in [0.15, 0.2) is 41.3 Å². The first-order valence-corrected chi connectivity index (χ1v) is 8.27. The number of carbonyl (C=O) groups is 1. The van der Waals surface area contributed by atoms with Gasteiger partial charge in [-0.2, -0.15) is 0 Å². The number of aromatic nitrogens is 1. The predicted octanol–water partition coefficient (Wildman–Crippen LogP) is 2.18. The lowest BCUT2D eigenvalue weighted by atomic mass is 10.1. The summed E-state index contributed by atoms with van der Waals surface area (Å²) in [5.74, 6) is 0.631. The lowest BCUT2D eigenvalue weighted by molar-refractivity contribution is -0.0672. The van der Waals surface area contributed by atoms with Gasteiger partial charge in [0.15, 0.2) is 12.2 Å². The summed E-state index contributed by atoms with van der Waals surface area (Å²) < 4.78 is 11.0. The SMILES string of the molecule is CC1CN(CCNC(=O)c2ccc(-c3cnco3)cc2)CC(C)O1. The minimum absolute atomic E-state index is 0.0616. The van der Waals surface area contributed by atoms with Crippen LogP contribution in [-0.2, 0) is 4.74 Å². The van der Waals surface area contributed by atoms with Gasteiger partial charge in [-0.25, -0.2) is 4.98 Å². The Labute approximate surface area is 141 Å². The van der Waals surface area contributed by atoms with Crippen molar-refractivity contribution in [2.75, 3.05) is 26.2 Å². The first-order chi connectivity index (χ1) is 11.6. The van der Waals surface area contributed by atoms with Crippen molar-refractivity contribution in [3.05, 3.63) is 42.4 Å². The molecular formula is C18H23N3O3. The van der Waals surface area contributed by atoms with Crippen LogP contribution in [0, 0.1) is 0 Å². The number of carbonyl (C=O) groups excluding carboxylic acids is 1. The summed E-state index contributed by atoms with van der Waals surface area (Å²) in [6.45, 7) is 7.44. The van der Waals surface area contributed by atoms with Gasteiger partial charge in [0, 0.05) is 37.3 Å². The normalized spacial score (nSPS) is 21.6. The molecule has 1 aliphatic rings. The molecule has 0 aliphatic carbocycles. The second-order valence-electron chi connectivity index (χ2n) is 6.22. The molecule has 0 saturated carbocycles. The molecule has 1 aromatic carbocycles. The first kappa shape index (κ1) is 16.7. The highest BCUT2D eigenvalue weighted by molar-refractivity contribution is 5.94. The molecule has 3 rings (SSSR count). The quantitative estimate of drug-likeness (QED) is 0.911. The summed E-state index contributed by atoms with van der Waals surface area (Å²) in [4.78, 5) is 18.4. The van der Waals surface area contributed by atoms with Crippen molar-refractivity contribution < 1.29 is 13.9 Å². The number of benzene rings is 1. The van der Waals surface area contributed by atoms with Gasteiger partial charge in [0.2, 0.25) is 0 Å². The second kappa shape index (κ2) is 7.59. The summed E-state index contributed by atoms with van der Waals surface area (Å²) >= 11 is 0. The lowest BCUT2D eigenvalue weighted by Crippen LogP contribution is -2.47. The zero-order valence-electron chi connectivity index (χ0n) is 14.1. The van der Waals surface area contributed by atoms with E-state index in [2.05, 4.69) is 29.0 Å². The van der Waals surface area contributed by atoms with Crippen molar-refractivity contribution in [2.24, 2.45) is 0 Å². The van der Waals surface area contributed by atoms with Crippen molar-refractivity contribution in [1.82, 2.24) is 15.2 Å². The zero-order valence-corrected chi connectivity index (χ0v) is 14.1. The Morgan fingerprint density at radius 2 is 1.96 bits per heavy atom. The molecule has 1 aliphatic heterocycles. The summed E-state index contributed by atoms with van der Waals surface area (Å²) in [5.41, 5.74) is 1.54. The average molecular weight is 329 g/mol. The highest BCUT2D eigenvalue weighted by Crippen LogP contribution is 2.18. The van der Waals surface area contributed by atoms with Crippen molar-refractivity contribution in [1.29, 1.82) is 0 Å². The number of rotatable bonds is 5. The fourth-order valence-corrected chi connectivity index (χ4v) is 3.04. The molecule has 2 aromatic rings. The molecule has 1 N–H and O–H groups in total. The average Bonchev–Trinajstić information content (AvgIpc) is 3.08. The standard InChI is InChI=1S/C18H23N3O3/c1-13-10-21(11-14(2)24-13)8-7-20-18(22)16-5-3-15(4-6-16)17-9-19-12-23-17/h3-6,9,12-14H,7-8,10-11H2,1-2H3,(H,20,22). The zero-order chi connectivity index (χ0) is 16.9. The van der Waals surface area contributed by atoms with E-state index in [1.54, 1.807) is 18.3 Å². The van der Waals surface area contributed by atoms with Crippen molar-refractivity contribution in [3.63, 3.8) is 0 Å². The molecule has 6 nitrogen and oxygen atoms in total. The van der Waals surface area contributed by atoms with E-state index in [9.17, 15) is 4.79 Å². The van der Waals surface area contributed by atoms with Crippen LogP contribution in [-0.4, -0.2) is 54.2 Å². The van der Waals surface area contributed by atoms with Crippen LogP contribution in [0.3, 0.4) is 0 Å². The van der Waals surface area contributed by atoms with Crippen LogP contribution in [0.4, 0.5) is 0 Å². The molecule has 2 heterocycles. The van der Waals surface area contributed by atoms with Gasteiger partial charge in [-0.05, 0) is 26.0 Å². The van der Waals surface area contributed by atoms with Gasteiger partial charge in [0.25, 0.3) is 5.91 Å². The Bertz CT molecular complexity index is 645. The van der Waals surface area contributed by atoms with Crippen LogP contribution < -0.4 is 5.32 Å². The molecule has 24 heavy (non-hydrogen) atoms. The number of morpholine rings is 1. The molecule has 6 heteroatoms. The van der Waals surface area contributed by atoms with E-state index < -0.39 is 0 Å². The maximum absolute atomic E-state index is 12.2. The third kappa shape index (κ3) is 4.21. The van der Waals surface area contributed by atoms with Crippen LogP contribution in [0.25, 0.3) is 11.3 Å². The monoisotopic (exact) mass is 329 g/mol. The first-order valence-electron chi connectivity index (χ1n) is 8.27. The highest BCUT2D eigenvalue weighted by atomic mass is 16.5. The number of hydrogen-bond donors (Lipinski definition) is 1. The Morgan fingerprint density at radius 3 is 2.58 bits per heavy atom. The van der Waals surface area contributed by atoms with Crippen molar-refractivity contribution >= 4 is 5.91 Å². The Hall–Kier alpha value is -2.18.